The van der Waals surface area contributed by atoms with Crippen LogP contribution in [0.3, 0.4) is 0 Å². The monoisotopic (exact) mass is 278 g/mol. The second-order valence-electron chi connectivity index (χ2n) is 3.60. The van der Waals surface area contributed by atoms with Crippen molar-refractivity contribution >= 4 is 0 Å². The Morgan fingerprint density at radius 3 is 1.89 bits per heavy atom. The summed E-state index contributed by atoms with van der Waals surface area (Å²) < 4.78 is 71.1. The highest BCUT2D eigenvalue weighted by molar-refractivity contribution is 5.31. The van der Waals surface area contributed by atoms with Crippen molar-refractivity contribution in [3.8, 4) is 0 Å². The maximum atomic E-state index is 13.6. The first-order valence-corrected chi connectivity index (χ1v) is 4.99. The number of rotatable bonds is 3. The van der Waals surface area contributed by atoms with Gasteiger partial charge in [-0.05, 0) is 12.1 Å². The smallest absolute Gasteiger partial charge is 0.200 e. The van der Waals surface area contributed by atoms with Crippen LogP contribution < -0.4 is 11.3 Å². The van der Waals surface area contributed by atoms with Gasteiger partial charge in [0.25, 0.3) is 0 Å². The third-order valence-corrected chi connectivity index (χ3v) is 2.53. The summed E-state index contributed by atoms with van der Waals surface area (Å²) in [6, 6.07) is 1.16. The molecule has 2 aromatic rings. The molecule has 1 unspecified atom stereocenters. The van der Waals surface area contributed by atoms with Gasteiger partial charge in [0, 0.05) is 0 Å². The summed E-state index contributed by atoms with van der Waals surface area (Å²) in [5, 5.41) is 0. The maximum absolute atomic E-state index is 13.6. The van der Waals surface area contributed by atoms with E-state index in [2.05, 4.69) is 0 Å². The van der Waals surface area contributed by atoms with E-state index >= 15 is 0 Å². The molecule has 1 aromatic carbocycles. The Morgan fingerprint density at radius 1 is 0.947 bits per heavy atom. The van der Waals surface area contributed by atoms with E-state index in [4.69, 9.17) is 10.3 Å². The van der Waals surface area contributed by atoms with Crippen LogP contribution in [0.5, 0.6) is 0 Å². The fourth-order valence-electron chi connectivity index (χ4n) is 1.64. The molecule has 0 saturated heterocycles. The summed E-state index contributed by atoms with van der Waals surface area (Å²) in [7, 11) is 0. The lowest BCUT2D eigenvalue weighted by molar-refractivity contribution is 0.353. The first-order chi connectivity index (χ1) is 8.99. The molecule has 8 heteroatoms. The van der Waals surface area contributed by atoms with Gasteiger partial charge in [-0.2, -0.15) is 0 Å². The first-order valence-electron chi connectivity index (χ1n) is 4.99. The van der Waals surface area contributed by atoms with Gasteiger partial charge in [-0.15, -0.1) is 0 Å². The Labute approximate surface area is 103 Å². The van der Waals surface area contributed by atoms with E-state index in [1.54, 1.807) is 0 Å². The highest BCUT2D eigenvalue weighted by Gasteiger charge is 2.31. The number of hydrogen-bond acceptors (Lipinski definition) is 3. The lowest BCUT2D eigenvalue weighted by Crippen LogP contribution is -2.31. The molecule has 0 amide bonds. The van der Waals surface area contributed by atoms with Gasteiger partial charge in [0.1, 0.15) is 11.8 Å². The van der Waals surface area contributed by atoms with Gasteiger partial charge in [0.05, 0.1) is 11.8 Å². The summed E-state index contributed by atoms with van der Waals surface area (Å²) in [6.07, 6.45) is 1.17. The minimum Gasteiger partial charge on any atom is -0.467 e. The third-order valence-electron chi connectivity index (χ3n) is 2.53. The first kappa shape index (κ1) is 13.5. The quantitative estimate of drug-likeness (QED) is 0.298. The Hall–Kier alpha value is -1.93. The zero-order valence-corrected chi connectivity index (χ0v) is 9.18. The predicted molar refractivity (Wildman–Crippen MR) is 54.1 cm³/mol. The summed E-state index contributed by atoms with van der Waals surface area (Å²) >= 11 is 0. The van der Waals surface area contributed by atoms with Crippen molar-refractivity contribution in [2.45, 2.75) is 6.04 Å². The van der Waals surface area contributed by atoms with Crippen molar-refractivity contribution in [2.75, 3.05) is 0 Å². The molecule has 0 aliphatic heterocycles. The molecule has 3 N–H and O–H groups in total. The van der Waals surface area contributed by atoms with Crippen LogP contribution in [0.1, 0.15) is 17.4 Å². The fraction of sp³-hybridized carbons (Fsp3) is 0.0909. The van der Waals surface area contributed by atoms with E-state index < -0.39 is 40.7 Å². The highest BCUT2D eigenvalue weighted by Crippen LogP contribution is 2.31. The van der Waals surface area contributed by atoms with Crippen molar-refractivity contribution in [2.24, 2.45) is 5.84 Å². The number of hydrazine groups is 1. The Balaban J connectivity index is 2.68. The van der Waals surface area contributed by atoms with Crippen molar-refractivity contribution in [1.82, 2.24) is 5.43 Å². The molecule has 102 valence electrons. The van der Waals surface area contributed by atoms with Crippen LogP contribution >= 0.6 is 0 Å². The average Bonchev–Trinajstić information content (AvgIpc) is 2.93. The minimum atomic E-state index is -2.23. The van der Waals surface area contributed by atoms with Crippen LogP contribution in [0.2, 0.25) is 0 Å². The van der Waals surface area contributed by atoms with Gasteiger partial charge >= 0.3 is 0 Å². The third kappa shape index (κ3) is 2.08. The standard InChI is InChI=1S/C11H7F5N2O/c12-6-5(7(13)9(15)10(16)8(6)14)11(18-17)4-2-1-3-19-4/h1-3,11,18H,17H2. The molecule has 1 atom stereocenters. The van der Waals surface area contributed by atoms with Crippen molar-refractivity contribution in [3.63, 3.8) is 0 Å². The molecule has 0 saturated carbocycles. The number of nitrogens with two attached hydrogens (primary N) is 1. The second-order valence-corrected chi connectivity index (χ2v) is 3.60. The zero-order chi connectivity index (χ0) is 14.2. The Morgan fingerprint density at radius 2 is 1.47 bits per heavy atom. The average molecular weight is 278 g/mol. The van der Waals surface area contributed by atoms with E-state index in [0.29, 0.717) is 0 Å². The Bertz CT molecular complexity index is 571. The van der Waals surface area contributed by atoms with Crippen molar-refractivity contribution in [1.29, 1.82) is 0 Å². The molecule has 0 radical (unpaired) electrons. The largest absolute Gasteiger partial charge is 0.467 e. The summed E-state index contributed by atoms with van der Waals surface area (Å²) in [5.41, 5.74) is 0.844. The fourth-order valence-corrected chi connectivity index (χ4v) is 1.64. The van der Waals surface area contributed by atoms with E-state index in [-0.39, 0.29) is 5.76 Å². The molecule has 1 aromatic heterocycles. The van der Waals surface area contributed by atoms with Crippen LogP contribution in [0, 0.1) is 29.1 Å². The lowest BCUT2D eigenvalue weighted by atomic mass is 10.0. The van der Waals surface area contributed by atoms with Crippen LogP contribution in [0.25, 0.3) is 0 Å². The zero-order valence-electron chi connectivity index (χ0n) is 9.18. The normalized spacial score (nSPS) is 12.7. The number of benzene rings is 1. The molecule has 19 heavy (non-hydrogen) atoms. The van der Waals surface area contributed by atoms with Crippen LogP contribution in [-0.2, 0) is 0 Å². The summed E-state index contributed by atoms with van der Waals surface area (Å²) in [4.78, 5) is 0. The van der Waals surface area contributed by atoms with Gasteiger partial charge in [-0.3, -0.25) is 5.84 Å². The highest BCUT2D eigenvalue weighted by atomic mass is 19.2. The molecule has 0 aliphatic rings. The lowest BCUT2D eigenvalue weighted by Gasteiger charge is -2.16. The van der Waals surface area contributed by atoms with Gasteiger partial charge in [0.15, 0.2) is 23.3 Å². The van der Waals surface area contributed by atoms with Gasteiger partial charge in [-0.1, -0.05) is 0 Å². The molecule has 3 nitrogen and oxygen atoms in total. The summed E-state index contributed by atoms with van der Waals surface area (Å²) in [6.45, 7) is 0. The SMILES string of the molecule is NNC(c1ccco1)c1c(F)c(F)c(F)c(F)c1F. The van der Waals surface area contributed by atoms with Gasteiger partial charge in [0.2, 0.25) is 5.82 Å². The van der Waals surface area contributed by atoms with E-state index in [0.717, 1.165) is 0 Å². The predicted octanol–water partition coefficient (Wildman–Crippen LogP) is 2.53. The van der Waals surface area contributed by atoms with Crippen LogP contribution in [-0.4, -0.2) is 0 Å². The number of hydrogen-bond donors (Lipinski definition) is 2. The van der Waals surface area contributed by atoms with E-state index in [9.17, 15) is 22.0 Å². The van der Waals surface area contributed by atoms with E-state index in [1.165, 1.54) is 18.4 Å². The molecular formula is C11H7F5N2O. The molecule has 0 spiro atoms. The van der Waals surface area contributed by atoms with Crippen LogP contribution in [0.15, 0.2) is 22.8 Å². The number of halogens is 5. The number of furan rings is 1. The second kappa shape index (κ2) is 4.98. The molecular weight excluding hydrogens is 271 g/mol. The molecule has 0 aliphatic carbocycles. The van der Waals surface area contributed by atoms with Crippen molar-refractivity contribution in [3.05, 3.63) is 58.8 Å². The molecule has 0 fully saturated rings. The van der Waals surface area contributed by atoms with Gasteiger partial charge in [-0.25, -0.2) is 27.4 Å². The van der Waals surface area contributed by atoms with Gasteiger partial charge < -0.3 is 4.42 Å². The minimum absolute atomic E-state index is 0.0919. The van der Waals surface area contributed by atoms with Crippen LogP contribution in [0.4, 0.5) is 22.0 Å². The number of nitrogens with one attached hydrogen (secondary N) is 1. The topological polar surface area (TPSA) is 51.2 Å². The van der Waals surface area contributed by atoms with E-state index in [1.807, 2.05) is 5.43 Å². The molecule has 2 rings (SSSR count). The Kier molecular flexibility index (Phi) is 3.54. The molecule has 1 heterocycles. The maximum Gasteiger partial charge on any atom is 0.200 e. The van der Waals surface area contributed by atoms with Crippen molar-refractivity contribution < 1.29 is 26.4 Å². The summed E-state index contributed by atoms with van der Waals surface area (Å²) in [5.74, 6) is -5.24. The molecule has 0 bridgehead atoms.